The van der Waals surface area contributed by atoms with Crippen LogP contribution < -0.4 is 16.0 Å². The van der Waals surface area contributed by atoms with E-state index >= 15 is 0 Å². The zero-order valence-electron chi connectivity index (χ0n) is 31.2. The van der Waals surface area contributed by atoms with Crippen LogP contribution in [0.5, 0.6) is 0 Å². The SMILES string of the molecule is C[C@@H]1C[C@H]2C(=O)OC[C@H](NC(=O)[C@H](Cc3ccccc3)NC(=O)Cc3cccc(Cl)c3)C(=O)N3CCC[C@H]3C(=O)N3CCCC[C@H]3C(=O)N[C@@H](C)C(=O)N2C1. The molecule has 0 radical (unpaired) electrons. The van der Waals surface area contributed by atoms with Gasteiger partial charge in [-0.05, 0) is 74.6 Å². The molecule has 0 aromatic heterocycles. The van der Waals surface area contributed by atoms with Gasteiger partial charge < -0.3 is 35.4 Å². The average Bonchev–Trinajstić information content (AvgIpc) is 3.82. The number of fused-ring (bicyclic) bond motifs is 3. The third-order valence-electron chi connectivity index (χ3n) is 10.9. The van der Waals surface area contributed by atoms with Crippen LogP contribution in [0.25, 0.3) is 0 Å². The highest BCUT2D eigenvalue weighted by Gasteiger charge is 2.46. The van der Waals surface area contributed by atoms with Crippen LogP contribution in [0.2, 0.25) is 5.02 Å². The molecule has 6 amide bonds. The minimum Gasteiger partial charge on any atom is -0.461 e. The Kier molecular flexibility index (Phi) is 12.7. The Bertz CT molecular complexity index is 1790. The number of halogens is 1. The number of hydrogen-bond acceptors (Lipinski definition) is 8. The number of carbonyl (C=O) groups excluding carboxylic acids is 7. The van der Waals surface area contributed by atoms with Crippen molar-refractivity contribution in [3.05, 3.63) is 70.7 Å². The molecule has 0 saturated carbocycles. The van der Waals surface area contributed by atoms with Crippen molar-refractivity contribution in [2.45, 2.75) is 101 Å². The number of benzene rings is 2. The van der Waals surface area contributed by atoms with E-state index in [2.05, 4.69) is 16.0 Å². The molecule has 55 heavy (non-hydrogen) atoms. The first-order valence-electron chi connectivity index (χ1n) is 19.2. The van der Waals surface area contributed by atoms with E-state index in [0.29, 0.717) is 55.7 Å². The van der Waals surface area contributed by atoms with Crippen LogP contribution >= 0.6 is 11.6 Å². The summed E-state index contributed by atoms with van der Waals surface area (Å²) >= 11 is 6.13. The van der Waals surface area contributed by atoms with Crippen molar-refractivity contribution in [2.75, 3.05) is 26.2 Å². The molecule has 2 aromatic rings. The highest BCUT2D eigenvalue weighted by molar-refractivity contribution is 6.30. The number of nitrogens with one attached hydrogen (secondary N) is 3. The van der Waals surface area contributed by atoms with Crippen LogP contribution in [0.4, 0.5) is 0 Å². The lowest BCUT2D eigenvalue weighted by molar-refractivity contribution is -0.158. The van der Waals surface area contributed by atoms with Crippen LogP contribution in [0, 0.1) is 5.92 Å². The Labute approximate surface area is 325 Å². The summed E-state index contributed by atoms with van der Waals surface area (Å²) in [5.41, 5.74) is 1.39. The monoisotopic (exact) mass is 776 g/mol. The number of ether oxygens (including phenoxy) is 1. The molecular weight excluding hydrogens is 728 g/mol. The number of piperidine rings is 1. The summed E-state index contributed by atoms with van der Waals surface area (Å²) in [6.07, 6.45) is 2.99. The van der Waals surface area contributed by atoms with Crippen molar-refractivity contribution in [3.8, 4) is 0 Å². The lowest BCUT2D eigenvalue weighted by atomic mass is 9.99. The van der Waals surface area contributed by atoms with E-state index < -0.39 is 78.4 Å². The number of esters is 1. The number of carbonyl (C=O) groups is 7. The van der Waals surface area contributed by atoms with E-state index in [1.54, 1.807) is 31.2 Å². The molecule has 0 spiro atoms. The molecule has 3 N–H and O–H groups in total. The molecule has 0 aliphatic carbocycles. The van der Waals surface area contributed by atoms with Gasteiger partial charge in [-0.15, -0.1) is 0 Å². The summed E-state index contributed by atoms with van der Waals surface area (Å²) in [7, 11) is 0. The molecule has 4 aliphatic rings. The maximum Gasteiger partial charge on any atom is 0.328 e. The van der Waals surface area contributed by atoms with E-state index in [4.69, 9.17) is 16.3 Å². The number of nitrogens with zero attached hydrogens (tertiary/aromatic N) is 3. The summed E-state index contributed by atoms with van der Waals surface area (Å²) in [6, 6.07) is 9.66. The van der Waals surface area contributed by atoms with Gasteiger partial charge in [-0.3, -0.25) is 28.8 Å². The third-order valence-corrected chi connectivity index (χ3v) is 11.1. The fourth-order valence-corrected chi connectivity index (χ4v) is 8.34. The molecule has 14 nitrogen and oxygen atoms in total. The Balaban J connectivity index is 1.30. The molecule has 4 heterocycles. The molecule has 294 valence electrons. The van der Waals surface area contributed by atoms with Crippen LogP contribution in [-0.4, -0.2) is 119 Å². The van der Waals surface area contributed by atoms with Crippen molar-refractivity contribution in [3.63, 3.8) is 0 Å². The van der Waals surface area contributed by atoms with Gasteiger partial charge >= 0.3 is 5.97 Å². The molecular formula is C40H49ClN6O8. The Morgan fingerprint density at radius 2 is 1.55 bits per heavy atom. The number of rotatable bonds is 7. The third kappa shape index (κ3) is 9.46. The van der Waals surface area contributed by atoms with Gasteiger partial charge in [0.1, 0.15) is 42.9 Å². The largest absolute Gasteiger partial charge is 0.461 e. The predicted octanol–water partition coefficient (Wildman–Crippen LogP) is 1.77. The molecule has 4 fully saturated rings. The maximum absolute atomic E-state index is 14.5. The van der Waals surface area contributed by atoms with Crippen molar-refractivity contribution < 1.29 is 38.3 Å². The summed E-state index contributed by atoms with van der Waals surface area (Å²) in [6.45, 7) is 3.68. The molecule has 0 bridgehead atoms. The quantitative estimate of drug-likeness (QED) is 0.357. The average molecular weight is 777 g/mol. The Hall–Kier alpha value is -4.98. The second-order valence-electron chi connectivity index (χ2n) is 15.1. The lowest BCUT2D eigenvalue weighted by Gasteiger charge is -2.39. The highest BCUT2D eigenvalue weighted by atomic mass is 35.5. The van der Waals surface area contributed by atoms with E-state index in [1.165, 1.54) is 14.7 Å². The maximum atomic E-state index is 14.5. The van der Waals surface area contributed by atoms with Gasteiger partial charge in [-0.25, -0.2) is 4.79 Å². The van der Waals surface area contributed by atoms with Crippen LogP contribution in [0.1, 0.15) is 63.5 Å². The summed E-state index contributed by atoms with van der Waals surface area (Å²) in [5.74, 6) is -3.88. The van der Waals surface area contributed by atoms with Crippen molar-refractivity contribution >= 4 is 53.0 Å². The van der Waals surface area contributed by atoms with Gasteiger partial charge in [-0.1, -0.05) is 61.0 Å². The fraction of sp³-hybridized carbons (Fsp3) is 0.525. The van der Waals surface area contributed by atoms with Crippen LogP contribution in [0.15, 0.2) is 54.6 Å². The Morgan fingerprint density at radius 1 is 0.836 bits per heavy atom. The van der Waals surface area contributed by atoms with Gasteiger partial charge in [-0.2, -0.15) is 0 Å². The zero-order chi connectivity index (χ0) is 39.2. The summed E-state index contributed by atoms with van der Waals surface area (Å²) in [5, 5.41) is 8.81. The fourth-order valence-electron chi connectivity index (χ4n) is 8.13. The van der Waals surface area contributed by atoms with E-state index in [-0.39, 0.29) is 37.8 Å². The number of cyclic esters (lactones) is 1. The predicted molar refractivity (Wildman–Crippen MR) is 201 cm³/mol. The first-order chi connectivity index (χ1) is 26.4. The lowest BCUT2D eigenvalue weighted by Crippen LogP contribution is -2.62. The van der Waals surface area contributed by atoms with Crippen molar-refractivity contribution in [1.82, 2.24) is 30.7 Å². The zero-order valence-corrected chi connectivity index (χ0v) is 32.0. The molecule has 2 aromatic carbocycles. The van der Waals surface area contributed by atoms with Crippen LogP contribution in [0.3, 0.4) is 0 Å². The first-order valence-corrected chi connectivity index (χ1v) is 19.5. The van der Waals surface area contributed by atoms with Gasteiger partial charge in [0.05, 0.1) is 6.42 Å². The second-order valence-corrected chi connectivity index (χ2v) is 15.6. The summed E-state index contributed by atoms with van der Waals surface area (Å²) in [4.78, 5) is 102. The summed E-state index contributed by atoms with van der Waals surface area (Å²) < 4.78 is 5.75. The molecule has 7 atom stereocenters. The van der Waals surface area contributed by atoms with Gasteiger partial charge in [0.2, 0.25) is 35.4 Å². The second kappa shape index (κ2) is 17.7. The molecule has 15 heteroatoms. The van der Waals surface area contributed by atoms with Gasteiger partial charge in [0.25, 0.3) is 0 Å². The van der Waals surface area contributed by atoms with Crippen molar-refractivity contribution in [1.29, 1.82) is 0 Å². The standard InChI is InChI=1S/C40H49ClN6O8/c1-24-18-33-40(54)55-23-30(44-35(49)29(20-26-10-4-3-5-11-26)43-34(48)21-27-12-8-13-28(41)19-27)38(52)46-17-9-15-32(46)39(53)45-16-7-6-14-31(45)36(50)42-25(2)37(51)47(33)22-24/h3-5,8,10-13,19,24-25,29-33H,6-7,9,14-18,20-23H2,1-2H3,(H,42,50)(H,43,48)(H,44,49)/t24-,25+,29+,30+,31+,32+,33+/m1/s1. The normalized spacial score (nSPS) is 27.0. The van der Waals surface area contributed by atoms with E-state index in [1.807, 2.05) is 37.3 Å². The minimum atomic E-state index is -1.43. The number of hydrogen-bond donors (Lipinski definition) is 3. The van der Waals surface area contributed by atoms with Gasteiger partial charge in [0.15, 0.2) is 0 Å². The van der Waals surface area contributed by atoms with Gasteiger partial charge in [0, 0.05) is 31.1 Å². The minimum absolute atomic E-state index is 0.0466. The van der Waals surface area contributed by atoms with Crippen molar-refractivity contribution in [2.24, 2.45) is 5.92 Å². The topological polar surface area (TPSA) is 175 Å². The smallest absolute Gasteiger partial charge is 0.328 e. The molecule has 6 rings (SSSR count). The molecule has 4 aliphatic heterocycles. The van der Waals surface area contributed by atoms with Crippen LogP contribution in [-0.2, 0) is 51.1 Å². The number of amides is 6. The van der Waals surface area contributed by atoms with E-state index in [0.717, 1.165) is 5.56 Å². The molecule has 4 saturated heterocycles. The first kappa shape index (κ1) is 39.7. The highest BCUT2D eigenvalue weighted by Crippen LogP contribution is 2.28. The van der Waals surface area contributed by atoms with E-state index in [9.17, 15) is 33.6 Å². The Morgan fingerprint density at radius 3 is 2.31 bits per heavy atom. The molecule has 0 unspecified atom stereocenters.